The Balaban J connectivity index is 1.29. The van der Waals surface area contributed by atoms with Crippen LogP contribution in [0, 0.1) is 0 Å². The van der Waals surface area contributed by atoms with Crippen LogP contribution >= 0.6 is 15.9 Å². The van der Waals surface area contributed by atoms with E-state index < -0.39 is 0 Å². The molecule has 0 radical (unpaired) electrons. The molecule has 2 aromatic carbocycles. The molecular formula is C22H24BrN3O3. The lowest BCUT2D eigenvalue weighted by atomic mass is 10.1. The number of amides is 4. The summed E-state index contributed by atoms with van der Waals surface area (Å²) in [6.45, 7) is 1.29. The number of carbonyl (C=O) groups excluding carboxylic acids is 3. The number of aryl methyl sites for hydroxylation is 1. The third kappa shape index (κ3) is 5.67. The molecule has 0 aliphatic carbocycles. The second-order valence-corrected chi connectivity index (χ2v) is 7.85. The average molecular weight is 458 g/mol. The van der Waals surface area contributed by atoms with Gasteiger partial charge in [-0.05, 0) is 49.4 Å². The van der Waals surface area contributed by atoms with Crippen LogP contribution in [0.5, 0.6) is 0 Å². The van der Waals surface area contributed by atoms with Gasteiger partial charge in [-0.1, -0.05) is 46.3 Å². The number of unbranched alkanes of at least 4 members (excludes halogenated alkanes) is 1. The van der Waals surface area contributed by atoms with Crippen LogP contribution in [0.15, 0.2) is 53.0 Å². The number of hydrogen-bond acceptors (Lipinski definition) is 3. The third-order valence-electron chi connectivity index (χ3n) is 4.80. The van der Waals surface area contributed by atoms with Crippen LogP contribution in [-0.4, -0.2) is 42.4 Å². The van der Waals surface area contributed by atoms with Crippen LogP contribution in [-0.2, 0) is 6.42 Å². The van der Waals surface area contributed by atoms with Crippen molar-refractivity contribution in [3.63, 3.8) is 0 Å². The number of urea groups is 1. The number of carbonyl (C=O) groups is 3. The Hall–Kier alpha value is -2.67. The van der Waals surface area contributed by atoms with Crippen LogP contribution in [0.3, 0.4) is 0 Å². The summed E-state index contributed by atoms with van der Waals surface area (Å²) in [7, 11) is 0. The van der Waals surface area contributed by atoms with Gasteiger partial charge in [0.2, 0.25) is 0 Å². The molecule has 1 aliphatic rings. The van der Waals surface area contributed by atoms with E-state index in [-0.39, 0.29) is 24.4 Å². The largest absolute Gasteiger partial charge is 0.338 e. The van der Waals surface area contributed by atoms with Crippen molar-refractivity contribution < 1.29 is 14.4 Å². The summed E-state index contributed by atoms with van der Waals surface area (Å²) in [6, 6.07) is 15.1. The first-order chi connectivity index (χ1) is 14.1. The predicted molar refractivity (Wildman–Crippen MR) is 115 cm³/mol. The molecule has 6 nitrogen and oxygen atoms in total. The molecule has 3 rings (SSSR count). The van der Waals surface area contributed by atoms with E-state index in [1.807, 2.05) is 18.2 Å². The molecule has 4 amide bonds. The second-order valence-electron chi connectivity index (χ2n) is 6.93. The Morgan fingerprint density at radius 2 is 1.55 bits per heavy atom. The summed E-state index contributed by atoms with van der Waals surface area (Å²) in [5.74, 6) is -0.561. The zero-order chi connectivity index (χ0) is 20.6. The van der Waals surface area contributed by atoms with Gasteiger partial charge in [-0.15, -0.1) is 0 Å². The molecule has 0 fully saturated rings. The van der Waals surface area contributed by atoms with Gasteiger partial charge >= 0.3 is 6.03 Å². The van der Waals surface area contributed by atoms with E-state index >= 15 is 0 Å². The Morgan fingerprint density at radius 3 is 2.31 bits per heavy atom. The molecule has 152 valence electrons. The van der Waals surface area contributed by atoms with Crippen LogP contribution in [0.4, 0.5) is 4.79 Å². The van der Waals surface area contributed by atoms with Gasteiger partial charge in [-0.3, -0.25) is 14.5 Å². The van der Waals surface area contributed by atoms with Gasteiger partial charge in [-0.2, -0.15) is 0 Å². The molecule has 0 aromatic heterocycles. The molecule has 0 saturated heterocycles. The standard InChI is InChI=1S/C22H24BrN3O3/c23-17-10-11-18-19(15-17)21(28)26(20(18)27)14-6-13-25-22(29)24-12-5-4-9-16-7-2-1-3-8-16/h1-3,7-8,10-11,15H,4-6,9,12-14H2,(H2,24,25,29). The van der Waals surface area contributed by atoms with E-state index in [0.29, 0.717) is 30.6 Å². The van der Waals surface area contributed by atoms with Crippen molar-refractivity contribution in [1.82, 2.24) is 15.5 Å². The van der Waals surface area contributed by atoms with Gasteiger partial charge in [0.05, 0.1) is 11.1 Å². The molecule has 7 heteroatoms. The molecule has 29 heavy (non-hydrogen) atoms. The summed E-state index contributed by atoms with van der Waals surface area (Å²) >= 11 is 3.32. The lowest BCUT2D eigenvalue weighted by Crippen LogP contribution is -2.38. The van der Waals surface area contributed by atoms with Gasteiger partial charge < -0.3 is 10.6 Å². The quantitative estimate of drug-likeness (QED) is 0.444. The van der Waals surface area contributed by atoms with Gasteiger partial charge in [0.1, 0.15) is 0 Å². The first kappa shape index (κ1) is 21.0. The highest BCUT2D eigenvalue weighted by Gasteiger charge is 2.34. The van der Waals surface area contributed by atoms with Gasteiger partial charge in [0.25, 0.3) is 11.8 Å². The van der Waals surface area contributed by atoms with E-state index in [2.05, 4.69) is 38.7 Å². The SMILES string of the molecule is O=C(NCCCCc1ccccc1)NCCCN1C(=O)c2ccc(Br)cc2C1=O. The minimum absolute atomic E-state index is 0.226. The van der Waals surface area contributed by atoms with E-state index in [1.54, 1.807) is 18.2 Å². The molecule has 0 spiro atoms. The first-order valence-corrected chi connectivity index (χ1v) is 10.6. The van der Waals surface area contributed by atoms with Crippen molar-refractivity contribution >= 4 is 33.8 Å². The zero-order valence-corrected chi connectivity index (χ0v) is 17.7. The number of nitrogens with zero attached hydrogens (tertiary/aromatic N) is 1. The summed E-state index contributed by atoms with van der Waals surface area (Å²) in [5, 5.41) is 5.60. The van der Waals surface area contributed by atoms with Gasteiger partial charge in [0.15, 0.2) is 0 Å². The molecule has 1 heterocycles. The van der Waals surface area contributed by atoms with Gasteiger partial charge in [0, 0.05) is 24.1 Å². The fraction of sp³-hybridized carbons (Fsp3) is 0.318. The number of hydrogen-bond donors (Lipinski definition) is 2. The van der Waals surface area contributed by atoms with Crippen LogP contribution in [0.1, 0.15) is 45.5 Å². The maximum atomic E-state index is 12.4. The van der Waals surface area contributed by atoms with E-state index in [1.165, 1.54) is 10.5 Å². The summed E-state index contributed by atoms with van der Waals surface area (Å²) in [5.41, 5.74) is 2.16. The number of rotatable bonds is 9. The van der Waals surface area contributed by atoms with Crippen molar-refractivity contribution in [3.8, 4) is 0 Å². The molecular weight excluding hydrogens is 434 g/mol. The van der Waals surface area contributed by atoms with E-state index in [0.717, 1.165) is 23.7 Å². The molecule has 2 N–H and O–H groups in total. The minimum atomic E-state index is -0.283. The summed E-state index contributed by atoms with van der Waals surface area (Å²) in [6.07, 6.45) is 3.43. The summed E-state index contributed by atoms with van der Waals surface area (Å²) < 4.78 is 0.765. The Kier molecular flexibility index (Phi) is 7.41. The van der Waals surface area contributed by atoms with Crippen LogP contribution in [0.25, 0.3) is 0 Å². The van der Waals surface area contributed by atoms with E-state index in [4.69, 9.17) is 0 Å². The van der Waals surface area contributed by atoms with Gasteiger partial charge in [-0.25, -0.2) is 4.79 Å². The highest BCUT2D eigenvalue weighted by molar-refractivity contribution is 9.10. The Labute approximate surface area is 178 Å². The third-order valence-corrected chi connectivity index (χ3v) is 5.29. The lowest BCUT2D eigenvalue weighted by Gasteiger charge is -2.14. The monoisotopic (exact) mass is 457 g/mol. The number of imide groups is 1. The van der Waals surface area contributed by atoms with Crippen LogP contribution in [0.2, 0.25) is 0 Å². The topological polar surface area (TPSA) is 78.5 Å². The Bertz CT molecular complexity index is 886. The van der Waals surface area contributed by atoms with Crippen molar-refractivity contribution in [2.75, 3.05) is 19.6 Å². The van der Waals surface area contributed by atoms with Crippen LogP contribution < -0.4 is 10.6 Å². The number of halogens is 1. The number of nitrogens with one attached hydrogen (secondary N) is 2. The molecule has 0 atom stereocenters. The fourth-order valence-electron chi connectivity index (χ4n) is 3.27. The normalized spacial score (nSPS) is 12.8. The maximum Gasteiger partial charge on any atom is 0.314 e. The minimum Gasteiger partial charge on any atom is -0.338 e. The van der Waals surface area contributed by atoms with Crippen molar-refractivity contribution in [3.05, 3.63) is 69.7 Å². The van der Waals surface area contributed by atoms with Crippen molar-refractivity contribution in [2.45, 2.75) is 25.7 Å². The van der Waals surface area contributed by atoms with Crippen molar-refractivity contribution in [1.29, 1.82) is 0 Å². The smallest absolute Gasteiger partial charge is 0.314 e. The summed E-state index contributed by atoms with van der Waals surface area (Å²) in [4.78, 5) is 37.8. The maximum absolute atomic E-state index is 12.4. The number of fused-ring (bicyclic) bond motifs is 1. The second kappa shape index (κ2) is 10.2. The predicted octanol–water partition coefficient (Wildman–Crippen LogP) is 3.76. The average Bonchev–Trinajstić information content (AvgIpc) is 2.95. The lowest BCUT2D eigenvalue weighted by molar-refractivity contribution is 0.0653. The fourth-order valence-corrected chi connectivity index (χ4v) is 3.63. The molecule has 1 aliphatic heterocycles. The number of benzene rings is 2. The highest BCUT2D eigenvalue weighted by Crippen LogP contribution is 2.25. The molecule has 0 saturated carbocycles. The molecule has 0 unspecified atom stereocenters. The Morgan fingerprint density at radius 1 is 0.862 bits per heavy atom. The zero-order valence-electron chi connectivity index (χ0n) is 16.1. The van der Waals surface area contributed by atoms with E-state index in [9.17, 15) is 14.4 Å². The molecule has 2 aromatic rings. The first-order valence-electron chi connectivity index (χ1n) is 9.77. The van der Waals surface area contributed by atoms with Crippen molar-refractivity contribution in [2.24, 2.45) is 0 Å². The molecule has 0 bridgehead atoms. The highest BCUT2D eigenvalue weighted by atomic mass is 79.9.